The minimum Gasteiger partial charge on any atom is -0.452 e. The van der Waals surface area contributed by atoms with Gasteiger partial charge in [-0.25, -0.2) is 33.8 Å². The molecule has 0 radical (unpaired) electrons. The van der Waals surface area contributed by atoms with E-state index in [0.717, 1.165) is 0 Å². The van der Waals surface area contributed by atoms with Crippen LogP contribution in [0.5, 0.6) is 11.6 Å². The first-order valence-electron chi connectivity index (χ1n) is 28.2. The monoisotopic (exact) mass is 1140 g/mol. The summed E-state index contributed by atoms with van der Waals surface area (Å²) < 4.78 is 37.4. The zero-order valence-corrected chi connectivity index (χ0v) is 46.2. The number of carbonyl (C=O) groups excluding carboxylic acids is 6. The Kier molecular flexibility index (Phi) is 14.3. The maximum Gasteiger partial charge on any atom is 0.418 e. The van der Waals surface area contributed by atoms with Gasteiger partial charge in [-0.05, 0) is 50.6 Å². The molecule has 13 rings (SSSR count). The van der Waals surface area contributed by atoms with Gasteiger partial charge in [0.05, 0.1) is 0 Å². The molecule has 0 spiro atoms. The first kappa shape index (κ1) is 54.6. The number of cyclic esters (lactones) is 4. The fourth-order valence-corrected chi connectivity index (χ4v) is 12.9. The first-order valence-corrected chi connectivity index (χ1v) is 28.2. The smallest absolute Gasteiger partial charge is 0.418 e. The molecule has 86 heavy (non-hydrogen) atoms. The van der Waals surface area contributed by atoms with Crippen LogP contribution in [0.25, 0.3) is 0 Å². The highest BCUT2D eigenvalue weighted by molar-refractivity contribution is 6.00. The number of benzene rings is 8. The van der Waals surface area contributed by atoms with Gasteiger partial charge in [0, 0.05) is 37.9 Å². The van der Waals surface area contributed by atoms with Crippen LogP contribution in [0.15, 0.2) is 261 Å². The number of rotatable bonds is 18. The predicted octanol–water partition coefficient (Wildman–Crippen LogP) is 11.8. The lowest BCUT2D eigenvalue weighted by molar-refractivity contribution is -0.251. The molecule has 4 aliphatic heterocycles. The van der Waals surface area contributed by atoms with Crippen molar-refractivity contribution in [3.8, 4) is 11.6 Å². The number of esters is 4. The maximum absolute atomic E-state index is 16.2. The lowest BCUT2D eigenvalue weighted by Crippen LogP contribution is -2.81. The SMILES string of the molecule is O=C(Oc1ccnc(OC(=O)N(C2(Cc3ccccc3)C(=O)OC2c2ccccc2)C2(Cc3ccccc3)C(=O)OC2c2ccccc2)c1)N(C1(Cc2ccccc2)C(=O)OC1c1ccccc1)C1(Cc2ccccc2)C(=O)OC1c1ccccc1. The largest absolute Gasteiger partial charge is 0.452 e. The molecule has 4 aliphatic rings. The van der Waals surface area contributed by atoms with Crippen LogP contribution in [0.4, 0.5) is 9.59 Å². The van der Waals surface area contributed by atoms with Gasteiger partial charge in [0.25, 0.3) is 0 Å². The van der Waals surface area contributed by atoms with E-state index in [1.54, 1.807) is 97.1 Å². The van der Waals surface area contributed by atoms with Crippen molar-refractivity contribution in [3.63, 3.8) is 0 Å². The van der Waals surface area contributed by atoms with Crippen molar-refractivity contribution < 1.29 is 57.2 Å². The molecule has 8 unspecified atom stereocenters. The second-order valence-electron chi connectivity index (χ2n) is 21.9. The summed E-state index contributed by atoms with van der Waals surface area (Å²) in [5, 5.41) is 0. The number of aromatic nitrogens is 1. The Labute approximate surface area is 495 Å². The highest BCUT2D eigenvalue weighted by Gasteiger charge is 2.77. The fraction of sp³-hybridized carbons (Fsp3) is 0.169. The standard InChI is InChI=1S/C71H55N3O12/c75-62-68(44-48-25-9-1-10-26-48,58(83-62)52-33-17-5-18-34-52)73(69(45-49-27-11-2-12-28-49)59(84-63(69)76)53-35-19-6-20-36-53)66(79)81-56-41-42-72-57(43-56)82-67(80)74(70(46-50-29-13-3-14-30-50)60(85-64(70)77)54-37-21-7-22-38-54)71(47-51-31-15-4-16-32-51)61(86-65(71)78)55-39-23-8-24-40-55/h1-43,58-61H,44-47H2. The van der Waals surface area contributed by atoms with E-state index in [2.05, 4.69) is 4.98 Å². The normalized spacial score (nSPS) is 24.3. The third kappa shape index (κ3) is 9.28. The molecule has 9 aromatic rings. The van der Waals surface area contributed by atoms with Crippen LogP contribution in [0, 0.1) is 0 Å². The van der Waals surface area contributed by atoms with E-state index >= 15 is 28.8 Å². The quantitative estimate of drug-likeness (QED) is 0.0586. The fourth-order valence-electron chi connectivity index (χ4n) is 12.9. The highest BCUT2D eigenvalue weighted by atomic mass is 16.6. The van der Waals surface area contributed by atoms with Crippen molar-refractivity contribution in [2.75, 3.05) is 0 Å². The van der Waals surface area contributed by atoms with Crippen LogP contribution in [0.2, 0.25) is 0 Å². The Morgan fingerprint density at radius 1 is 0.349 bits per heavy atom. The van der Waals surface area contributed by atoms with Gasteiger partial charge in [0.15, 0.2) is 46.6 Å². The summed E-state index contributed by atoms with van der Waals surface area (Å²) in [6.07, 6.45) is -6.17. The van der Waals surface area contributed by atoms with Gasteiger partial charge in [-0.15, -0.1) is 0 Å². The second kappa shape index (κ2) is 22.5. The summed E-state index contributed by atoms with van der Waals surface area (Å²) in [5.74, 6) is -3.84. The molecule has 5 heterocycles. The van der Waals surface area contributed by atoms with E-state index < -0.39 is 88.5 Å². The number of hydrogen-bond donors (Lipinski definition) is 0. The molecular formula is C71H55N3O12. The topological polar surface area (TPSA) is 177 Å². The molecule has 0 N–H and O–H groups in total. The molecule has 0 saturated carbocycles. The molecule has 426 valence electrons. The van der Waals surface area contributed by atoms with Crippen molar-refractivity contribution in [2.24, 2.45) is 0 Å². The van der Waals surface area contributed by atoms with Crippen LogP contribution in [0.1, 0.15) is 68.9 Å². The van der Waals surface area contributed by atoms with Gasteiger partial charge in [-0.3, -0.25) is 9.80 Å². The second-order valence-corrected chi connectivity index (χ2v) is 21.9. The van der Waals surface area contributed by atoms with Gasteiger partial charge in [-0.2, -0.15) is 0 Å². The average molecular weight is 1140 g/mol. The molecule has 0 bridgehead atoms. The van der Waals surface area contributed by atoms with Gasteiger partial charge in [0.2, 0.25) is 5.88 Å². The maximum atomic E-state index is 16.2. The zero-order chi connectivity index (χ0) is 58.9. The molecule has 15 heteroatoms. The van der Waals surface area contributed by atoms with Crippen LogP contribution in [-0.2, 0) is 63.8 Å². The zero-order valence-electron chi connectivity index (χ0n) is 46.2. The third-order valence-electron chi connectivity index (χ3n) is 16.8. The van der Waals surface area contributed by atoms with E-state index in [4.69, 9.17) is 28.4 Å². The van der Waals surface area contributed by atoms with Crippen LogP contribution in [0.3, 0.4) is 0 Å². The van der Waals surface area contributed by atoms with Crippen LogP contribution < -0.4 is 9.47 Å². The van der Waals surface area contributed by atoms with Crippen LogP contribution >= 0.6 is 0 Å². The van der Waals surface area contributed by atoms with E-state index in [1.165, 1.54) is 28.1 Å². The molecular weight excluding hydrogens is 1090 g/mol. The van der Waals surface area contributed by atoms with E-state index in [9.17, 15) is 0 Å². The van der Waals surface area contributed by atoms with Crippen molar-refractivity contribution in [1.82, 2.24) is 14.8 Å². The number of nitrogens with zero attached hydrogens (tertiary/aromatic N) is 3. The molecule has 15 nitrogen and oxygen atoms in total. The number of amides is 2. The summed E-state index contributed by atoms with van der Waals surface area (Å²) in [5.41, 5.74) is -3.14. The first-order chi connectivity index (χ1) is 42.0. The van der Waals surface area contributed by atoms with Crippen molar-refractivity contribution in [2.45, 2.75) is 72.3 Å². The molecule has 0 aliphatic carbocycles. The molecule has 2 amide bonds. The lowest BCUT2D eigenvalue weighted by atomic mass is 9.68. The van der Waals surface area contributed by atoms with Gasteiger partial charge >= 0.3 is 36.1 Å². The van der Waals surface area contributed by atoms with E-state index in [1.807, 2.05) is 146 Å². The van der Waals surface area contributed by atoms with Crippen molar-refractivity contribution in [1.29, 1.82) is 0 Å². The van der Waals surface area contributed by atoms with Gasteiger partial charge in [-0.1, -0.05) is 243 Å². The summed E-state index contributed by atoms with van der Waals surface area (Å²) in [6.45, 7) is 0. The Hall–Kier alpha value is -10.7. The van der Waals surface area contributed by atoms with Crippen molar-refractivity contribution >= 4 is 36.1 Å². The summed E-state index contributed by atoms with van der Waals surface area (Å²) in [4.78, 5) is 99.8. The predicted molar refractivity (Wildman–Crippen MR) is 313 cm³/mol. The van der Waals surface area contributed by atoms with Crippen LogP contribution in [-0.4, -0.2) is 73.0 Å². The summed E-state index contributed by atoms with van der Waals surface area (Å²) in [6, 6.07) is 74.9. The number of pyridine rings is 1. The minimum atomic E-state index is -1.98. The molecule has 4 saturated heterocycles. The van der Waals surface area contributed by atoms with Crippen molar-refractivity contribution in [3.05, 3.63) is 305 Å². The average Bonchev–Trinajstić information content (AvgIpc) is 0.702. The number of ether oxygens (including phenoxy) is 6. The van der Waals surface area contributed by atoms with E-state index in [0.29, 0.717) is 44.5 Å². The Balaban J connectivity index is 0.953. The number of carbonyl (C=O) groups is 6. The molecule has 4 fully saturated rings. The Morgan fingerprint density at radius 2 is 0.593 bits per heavy atom. The minimum absolute atomic E-state index is 0.129. The third-order valence-corrected chi connectivity index (χ3v) is 16.8. The molecule has 8 aromatic carbocycles. The Morgan fingerprint density at radius 3 is 0.849 bits per heavy atom. The lowest BCUT2D eigenvalue weighted by Gasteiger charge is -2.61. The summed E-state index contributed by atoms with van der Waals surface area (Å²) >= 11 is 0. The van der Waals surface area contributed by atoms with Gasteiger partial charge in [0.1, 0.15) is 5.75 Å². The highest BCUT2D eigenvalue weighted by Crippen LogP contribution is 2.59. The summed E-state index contributed by atoms with van der Waals surface area (Å²) in [7, 11) is 0. The Bertz CT molecular complexity index is 3490. The molecule has 8 atom stereocenters. The van der Waals surface area contributed by atoms with E-state index in [-0.39, 0.29) is 31.4 Å². The number of hydrogen-bond acceptors (Lipinski definition) is 13. The van der Waals surface area contributed by atoms with Gasteiger partial charge < -0.3 is 28.4 Å². The molecule has 1 aromatic heterocycles.